The van der Waals surface area contributed by atoms with Crippen molar-refractivity contribution in [1.29, 1.82) is 0 Å². The maximum Gasteiger partial charge on any atom is 0.224 e. The summed E-state index contributed by atoms with van der Waals surface area (Å²) in [6.45, 7) is 2.53. The van der Waals surface area contributed by atoms with Gasteiger partial charge in [-0.3, -0.25) is 4.79 Å². The average Bonchev–Trinajstić information content (AvgIpc) is 2.45. The fourth-order valence-corrected chi connectivity index (χ4v) is 2.16. The van der Waals surface area contributed by atoms with Crippen LogP contribution in [0.5, 0.6) is 5.75 Å². The molecular weight excluding hydrogens is 330 g/mol. The molecular formula is C17H18BrNO2. The van der Waals surface area contributed by atoms with Crippen molar-refractivity contribution in [3.63, 3.8) is 0 Å². The molecule has 0 bridgehead atoms. The van der Waals surface area contributed by atoms with E-state index in [1.54, 1.807) is 0 Å². The number of anilines is 1. The van der Waals surface area contributed by atoms with Crippen LogP contribution in [0.1, 0.15) is 18.4 Å². The number of rotatable bonds is 6. The SMILES string of the molecule is Cc1cccc(NC(=O)CCCOc2ccc(Br)cc2)c1. The van der Waals surface area contributed by atoms with Crippen LogP contribution >= 0.6 is 15.9 Å². The zero-order valence-electron chi connectivity index (χ0n) is 11.9. The van der Waals surface area contributed by atoms with Gasteiger partial charge in [0.2, 0.25) is 5.91 Å². The van der Waals surface area contributed by atoms with Gasteiger partial charge in [-0.1, -0.05) is 28.1 Å². The first-order chi connectivity index (χ1) is 10.1. The minimum atomic E-state index is 0.0139. The largest absolute Gasteiger partial charge is 0.494 e. The summed E-state index contributed by atoms with van der Waals surface area (Å²) in [6, 6.07) is 15.4. The third-order valence-electron chi connectivity index (χ3n) is 2.93. The number of ether oxygens (including phenoxy) is 1. The zero-order chi connectivity index (χ0) is 15.1. The summed E-state index contributed by atoms with van der Waals surface area (Å²) in [5, 5.41) is 2.89. The molecule has 0 unspecified atom stereocenters. The van der Waals surface area contributed by atoms with Gasteiger partial charge in [-0.25, -0.2) is 0 Å². The molecule has 0 spiro atoms. The van der Waals surface area contributed by atoms with Gasteiger partial charge < -0.3 is 10.1 Å². The molecule has 0 radical (unpaired) electrons. The Labute approximate surface area is 133 Å². The van der Waals surface area contributed by atoms with E-state index in [4.69, 9.17) is 4.74 Å². The molecule has 2 rings (SSSR count). The van der Waals surface area contributed by atoms with Crippen molar-refractivity contribution in [1.82, 2.24) is 0 Å². The van der Waals surface area contributed by atoms with Crippen molar-refractivity contribution in [3.8, 4) is 5.75 Å². The third kappa shape index (κ3) is 5.60. The van der Waals surface area contributed by atoms with Gasteiger partial charge in [0.1, 0.15) is 5.75 Å². The van der Waals surface area contributed by atoms with Gasteiger partial charge in [0, 0.05) is 16.6 Å². The molecule has 0 saturated carbocycles. The van der Waals surface area contributed by atoms with Crippen molar-refractivity contribution in [3.05, 3.63) is 58.6 Å². The molecule has 4 heteroatoms. The molecule has 0 saturated heterocycles. The van der Waals surface area contributed by atoms with Crippen LogP contribution in [0.2, 0.25) is 0 Å². The smallest absolute Gasteiger partial charge is 0.224 e. The van der Waals surface area contributed by atoms with Crippen LogP contribution in [0.4, 0.5) is 5.69 Å². The van der Waals surface area contributed by atoms with Crippen LogP contribution in [0.15, 0.2) is 53.0 Å². The van der Waals surface area contributed by atoms with Gasteiger partial charge in [0.25, 0.3) is 0 Å². The van der Waals surface area contributed by atoms with E-state index in [0.717, 1.165) is 21.5 Å². The first-order valence-corrected chi connectivity index (χ1v) is 7.68. The van der Waals surface area contributed by atoms with Gasteiger partial charge in [-0.15, -0.1) is 0 Å². The first-order valence-electron chi connectivity index (χ1n) is 6.88. The number of hydrogen-bond acceptors (Lipinski definition) is 2. The fraction of sp³-hybridized carbons (Fsp3) is 0.235. The molecule has 3 nitrogen and oxygen atoms in total. The monoisotopic (exact) mass is 347 g/mol. The lowest BCUT2D eigenvalue weighted by Gasteiger charge is -2.07. The van der Waals surface area contributed by atoms with E-state index in [0.29, 0.717) is 19.4 Å². The quantitative estimate of drug-likeness (QED) is 0.778. The molecule has 2 aromatic rings. The van der Waals surface area contributed by atoms with Crippen LogP contribution in [0.3, 0.4) is 0 Å². The van der Waals surface area contributed by atoms with E-state index in [1.165, 1.54) is 0 Å². The lowest BCUT2D eigenvalue weighted by molar-refractivity contribution is -0.116. The summed E-state index contributed by atoms with van der Waals surface area (Å²) in [7, 11) is 0. The number of aryl methyl sites for hydroxylation is 1. The maximum absolute atomic E-state index is 11.8. The van der Waals surface area contributed by atoms with Gasteiger partial charge >= 0.3 is 0 Å². The number of nitrogens with one attached hydrogen (secondary N) is 1. The van der Waals surface area contributed by atoms with Crippen LogP contribution in [-0.4, -0.2) is 12.5 Å². The van der Waals surface area contributed by atoms with Gasteiger partial charge in [0.05, 0.1) is 6.61 Å². The molecule has 1 N–H and O–H groups in total. The Morgan fingerprint density at radius 3 is 2.67 bits per heavy atom. The Balaban J connectivity index is 1.68. The second kappa shape index (κ2) is 7.84. The van der Waals surface area contributed by atoms with Crippen molar-refractivity contribution in [2.45, 2.75) is 19.8 Å². The molecule has 0 fully saturated rings. The van der Waals surface area contributed by atoms with Crippen molar-refractivity contribution in [2.75, 3.05) is 11.9 Å². The number of benzene rings is 2. The normalized spacial score (nSPS) is 10.2. The van der Waals surface area contributed by atoms with E-state index >= 15 is 0 Å². The second-order valence-corrected chi connectivity index (χ2v) is 5.74. The molecule has 0 heterocycles. The minimum absolute atomic E-state index is 0.0139. The molecule has 0 aromatic heterocycles. The Morgan fingerprint density at radius 1 is 1.19 bits per heavy atom. The molecule has 0 aliphatic carbocycles. The van der Waals surface area contributed by atoms with Gasteiger partial charge in [-0.05, 0) is 55.3 Å². The van der Waals surface area contributed by atoms with Crippen molar-refractivity contribution >= 4 is 27.5 Å². The van der Waals surface area contributed by atoms with Gasteiger partial charge in [-0.2, -0.15) is 0 Å². The number of carbonyl (C=O) groups excluding carboxylic acids is 1. The minimum Gasteiger partial charge on any atom is -0.494 e. The molecule has 0 aliphatic heterocycles. The van der Waals surface area contributed by atoms with Crippen LogP contribution in [0, 0.1) is 6.92 Å². The molecule has 0 atom stereocenters. The van der Waals surface area contributed by atoms with E-state index < -0.39 is 0 Å². The summed E-state index contributed by atoms with van der Waals surface area (Å²) in [5.41, 5.74) is 1.97. The summed E-state index contributed by atoms with van der Waals surface area (Å²) in [5.74, 6) is 0.831. The van der Waals surface area contributed by atoms with Crippen molar-refractivity contribution in [2.24, 2.45) is 0 Å². The highest BCUT2D eigenvalue weighted by molar-refractivity contribution is 9.10. The summed E-state index contributed by atoms with van der Waals surface area (Å²) >= 11 is 3.37. The Kier molecular flexibility index (Phi) is 5.81. The summed E-state index contributed by atoms with van der Waals surface area (Å²) in [4.78, 5) is 11.8. The lowest BCUT2D eigenvalue weighted by atomic mass is 10.2. The highest BCUT2D eigenvalue weighted by Crippen LogP contribution is 2.16. The first kappa shape index (κ1) is 15.6. The van der Waals surface area contributed by atoms with E-state index in [-0.39, 0.29) is 5.91 Å². The number of halogens is 1. The molecule has 21 heavy (non-hydrogen) atoms. The predicted molar refractivity (Wildman–Crippen MR) is 88.7 cm³/mol. The summed E-state index contributed by atoms with van der Waals surface area (Å²) < 4.78 is 6.60. The standard InChI is InChI=1S/C17H18BrNO2/c1-13-4-2-5-15(12-13)19-17(20)6-3-11-21-16-9-7-14(18)8-10-16/h2,4-5,7-10,12H,3,6,11H2,1H3,(H,19,20). The highest BCUT2D eigenvalue weighted by Gasteiger charge is 2.03. The van der Waals surface area contributed by atoms with Crippen molar-refractivity contribution < 1.29 is 9.53 Å². The number of carbonyl (C=O) groups is 1. The Morgan fingerprint density at radius 2 is 1.95 bits per heavy atom. The Bertz CT molecular complexity index is 596. The predicted octanol–water partition coefficient (Wildman–Crippen LogP) is 4.56. The number of amides is 1. The van der Waals surface area contributed by atoms with Crippen LogP contribution in [0.25, 0.3) is 0 Å². The lowest BCUT2D eigenvalue weighted by Crippen LogP contribution is -2.12. The van der Waals surface area contributed by atoms with E-state index in [2.05, 4.69) is 21.2 Å². The molecule has 0 aliphatic rings. The molecule has 110 valence electrons. The average molecular weight is 348 g/mol. The fourth-order valence-electron chi connectivity index (χ4n) is 1.90. The molecule has 1 amide bonds. The topological polar surface area (TPSA) is 38.3 Å². The molecule has 2 aromatic carbocycles. The zero-order valence-corrected chi connectivity index (χ0v) is 13.5. The maximum atomic E-state index is 11.8. The van der Waals surface area contributed by atoms with Crippen LogP contribution < -0.4 is 10.1 Å². The number of hydrogen-bond donors (Lipinski definition) is 1. The van der Waals surface area contributed by atoms with E-state index in [1.807, 2.05) is 55.5 Å². The van der Waals surface area contributed by atoms with Crippen LogP contribution in [-0.2, 0) is 4.79 Å². The van der Waals surface area contributed by atoms with Gasteiger partial charge in [0.15, 0.2) is 0 Å². The second-order valence-electron chi connectivity index (χ2n) is 4.82. The highest BCUT2D eigenvalue weighted by atomic mass is 79.9. The third-order valence-corrected chi connectivity index (χ3v) is 3.46. The van der Waals surface area contributed by atoms with E-state index in [9.17, 15) is 4.79 Å². The summed E-state index contributed by atoms with van der Waals surface area (Å²) in [6.07, 6.45) is 1.14. The Hall–Kier alpha value is -1.81.